The summed E-state index contributed by atoms with van der Waals surface area (Å²) >= 11 is 0. The predicted octanol–water partition coefficient (Wildman–Crippen LogP) is 2.67. The first-order valence-electron chi connectivity index (χ1n) is 10.4. The summed E-state index contributed by atoms with van der Waals surface area (Å²) in [5, 5.41) is 8.75. The number of anilines is 2. The quantitative estimate of drug-likeness (QED) is 0.477. The molecule has 2 amide bonds. The van der Waals surface area contributed by atoms with Gasteiger partial charge < -0.3 is 30.2 Å². The molecule has 3 N–H and O–H groups in total. The van der Waals surface area contributed by atoms with Crippen LogP contribution >= 0.6 is 0 Å². The molecule has 3 rings (SSSR count). The lowest BCUT2D eigenvalue weighted by atomic mass is 10.2. The molecule has 1 aliphatic rings. The second-order valence-corrected chi connectivity index (χ2v) is 7.19. The molecule has 31 heavy (non-hydrogen) atoms. The van der Waals surface area contributed by atoms with Crippen molar-refractivity contribution in [3.63, 3.8) is 0 Å². The summed E-state index contributed by atoms with van der Waals surface area (Å²) in [6.07, 6.45) is 2.12. The maximum atomic E-state index is 12.2. The Morgan fingerprint density at radius 1 is 1.03 bits per heavy atom. The molecule has 0 aromatic heterocycles. The minimum absolute atomic E-state index is 0.106. The van der Waals surface area contributed by atoms with Gasteiger partial charge in [-0.25, -0.2) is 0 Å². The van der Waals surface area contributed by atoms with Crippen LogP contribution in [0.25, 0.3) is 0 Å². The standard InChI is InChI=1S/C23H29N3O5/c1-29-13-14-31-20-10-8-18(9-11-20)24-16-22(27)26-19-6-4-17(5-7-19)23(28)25-15-21-3-2-12-30-21/h4-11,21,24H,2-3,12-16H2,1H3,(H,25,28)(H,26,27). The van der Waals surface area contributed by atoms with Gasteiger partial charge in [0.25, 0.3) is 5.91 Å². The lowest BCUT2D eigenvalue weighted by Gasteiger charge is -2.11. The van der Waals surface area contributed by atoms with Gasteiger partial charge in [0.1, 0.15) is 12.4 Å². The number of carbonyl (C=O) groups excluding carboxylic acids is 2. The molecule has 1 aliphatic heterocycles. The van der Waals surface area contributed by atoms with Crippen LogP contribution in [0.3, 0.4) is 0 Å². The van der Waals surface area contributed by atoms with Crippen LogP contribution in [0.5, 0.6) is 5.75 Å². The van der Waals surface area contributed by atoms with Crippen molar-refractivity contribution in [3.05, 3.63) is 54.1 Å². The van der Waals surface area contributed by atoms with Crippen LogP contribution in [0, 0.1) is 0 Å². The van der Waals surface area contributed by atoms with Crippen LogP contribution in [0.4, 0.5) is 11.4 Å². The van der Waals surface area contributed by atoms with E-state index >= 15 is 0 Å². The van der Waals surface area contributed by atoms with E-state index in [9.17, 15) is 9.59 Å². The van der Waals surface area contributed by atoms with E-state index < -0.39 is 0 Å². The third-order valence-corrected chi connectivity index (χ3v) is 4.81. The first-order valence-corrected chi connectivity index (χ1v) is 10.4. The summed E-state index contributed by atoms with van der Waals surface area (Å²) < 4.78 is 16.0. The molecule has 1 unspecified atom stereocenters. The zero-order valence-corrected chi connectivity index (χ0v) is 17.7. The Kier molecular flexibility index (Phi) is 8.69. The van der Waals surface area contributed by atoms with Crippen LogP contribution in [0.1, 0.15) is 23.2 Å². The number of benzene rings is 2. The Morgan fingerprint density at radius 3 is 2.45 bits per heavy atom. The third kappa shape index (κ3) is 7.58. The number of hydrogen-bond donors (Lipinski definition) is 3. The van der Waals surface area contributed by atoms with Gasteiger partial charge in [-0.05, 0) is 61.4 Å². The highest BCUT2D eigenvalue weighted by Crippen LogP contribution is 2.16. The molecule has 2 aromatic rings. The minimum Gasteiger partial charge on any atom is -0.491 e. The van der Waals surface area contributed by atoms with Crippen molar-refractivity contribution in [1.82, 2.24) is 5.32 Å². The molecule has 1 saturated heterocycles. The summed E-state index contributed by atoms with van der Waals surface area (Å²) in [4.78, 5) is 24.4. The van der Waals surface area contributed by atoms with Gasteiger partial charge >= 0.3 is 0 Å². The molecule has 1 heterocycles. The van der Waals surface area contributed by atoms with Gasteiger partial charge in [-0.1, -0.05) is 0 Å². The molecular weight excluding hydrogens is 398 g/mol. The van der Waals surface area contributed by atoms with Crippen LogP contribution in [0.15, 0.2) is 48.5 Å². The van der Waals surface area contributed by atoms with E-state index in [0.717, 1.165) is 30.9 Å². The molecule has 8 nitrogen and oxygen atoms in total. The van der Waals surface area contributed by atoms with Crippen molar-refractivity contribution in [2.45, 2.75) is 18.9 Å². The van der Waals surface area contributed by atoms with Crippen molar-refractivity contribution < 1.29 is 23.8 Å². The zero-order valence-electron chi connectivity index (χ0n) is 17.7. The first-order chi connectivity index (χ1) is 15.1. The van der Waals surface area contributed by atoms with Gasteiger partial charge in [0, 0.05) is 37.2 Å². The topological polar surface area (TPSA) is 97.9 Å². The Hall–Kier alpha value is -3.10. The summed E-state index contributed by atoms with van der Waals surface area (Å²) in [5.41, 5.74) is 1.98. The average molecular weight is 428 g/mol. The fourth-order valence-corrected chi connectivity index (χ4v) is 3.12. The third-order valence-electron chi connectivity index (χ3n) is 4.81. The molecule has 0 saturated carbocycles. The minimum atomic E-state index is -0.184. The number of ether oxygens (including phenoxy) is 3. The smallest absolute Gasteiger partial charge is 0.251 e. The Morgan fingerprint density at radius 2 is 1.77 bits per heavy atom. The van der Waals surface area contributed by atoms with E-state index in [1.54, 1.807) is 31.4 Å². The van der Waals surface area contributed by atoms with Crippen LogP contribution in [-0.4, -0.2) is 57.9 Å². The number of rotatable bonds is 11. The van der Waals surface area contributed by atoms with Crippen LogP contribution in [-0.2, 0) is 14.3 Å². The van der Waals surface area contributed by atoms with Gasteiger partial charge in [0.2, 0.25) is 5.91 Å². The van der Waals surface area contributed by atoms with Gasteiger partial charge in [-0.2, -0.15) is 0 Å². The number of carbonyl (C=O) groups is 2. The molecule has 0 aliphatic carbocycles. The Bertz CT molecular complexity index is 833. The van der Waals surface area contributed by atoms with E-state index in [1.807, 2.05) is 24.3 Å². The Balaban J connectivity index is 1.39. The monoisotopic (exact) mass is 427 g/mol. The molecule has 2 aromatic carbocycles. The average Bonchev–Trinajstić information content (AvgIpc) is 3.31. The van der Waals surface area contributed by atoms with Crippen molar-refractivity contribution in [3.8, 4) is 5.75 Å². The lowest BCUT2D eigenvalue weighted by Crippen LogP contribution is -2.31. The summed E-state index contributed by atoms with van der Waals surface area (Å²) in [6, 6.07) is 14.2. The molecule has 8 heteroatoms. The van der Waals surface area contributed by atoms with E-state index in [0.29, 0.717) is 31.0 Å². The maximum Gasteiger partial charge on any atom is 0.251 e. The molecule has 1 atom stereocenters. The maximum absolute atomic E-state index is 12.2. The second kappa shape index (κ2) is 11.9. The van der Waals surface area contributed by atoms with Gasteiger partial charge in [-0.15, -0.1) is 0 Å². The van der Waals surface area contributed by atoms with Crippen LogP contribution in [0.2, 0.25) is 0 Å². The molecular formula is C23H29N3O5. The van der Waals surface area contributed by atoms with Crippen molar-refractivity contribution in [1.29, 1.82) is 0 Å². The zero-order chi connectivity index (χ0) is 21.9. The van der Waals surface area contributed by atoms with Gasteiger partial charge in [-0.3, -0.25) is 9.59 Å². The van der Waals surface area contributed by atoms with Gasteiger partial charge in [0.05, 0.1) is 19.3 Å². The predicted molar refractivity (Wildman–Crippen MR) is 119 cm³/mol. The molecule has 0 spiro atoms. The highest BCUT2D eigenvalue weighted by molar-refractivity contribution is 5.96. The summed E-state index contributed by atoms with van der Waals surface area (Å²) in [5.74, 6) is 0.410. The van der Waals surface area contributed by atoms with E-state index in [4.69, 9.17) is 14.2 Å². The second-order valence-electron chi connectivity index (χ2n) is 7.19. The first kappa shape index (κ1) is 22.6. The molecule has 1 fully saturated rings. The van der Waals surface area contributed by atoms with Crippen molar-refractivity contribution in [2.75, 3.05) is 50.7 Å². The highest BCUT2D eigenvalue weighted by Gasteiger charge is 2.16. The number of methoxy groups -OCH3 is 1. The van der Waals surface area contributed by atoms with Crippen molar-refractivity contribution in [2.24, 2.45) is 0 Å². The molecule has 166 valence electrons. The fraction of sp³-hybridized carbons (Fsp3) is 0.391. The normalized spacial score (nSPS) is 15.3. The van der Waals surface area contributed by atoms with Crippen molar-refractivity contribution >= 4 is 23.2 Å². The van der Waals surface area contributed by atoms with E-state index in [1.165, 1.54) is 0 Å². The summed E-state index contributed by atoms with van der Waals surface area (Å²) in [7, 11) is 1.63. The Labute approximate surface area is 182 Å². The highest BCUT2D eigenvalue weighted by atomic mass is 16.5. The lowest BCUT2D eigenvalue weighted by molar-refractivity contribution is -0.114. The van der Waals surface area contributed by atoms with Crippen LogP contribution < -0.4 is 20.7 Å². The number of amides is 2. The molecule has 0 radical (unpaired) electrons. The number of nitrogens with one attached hydrogen (secondary N) is 3. The van der Waals surface area contributed by atoms with Gasteiger partial charge in [0.15, 0.2) is 0 Å². The molecule has 0 bridgehead atoms. The van der Waals surface area contributed by atoms with E-state index in [-0.39, 0.29) is 24.5 Å². The van der Waals surface area contributed by atoms with E-state index in [2.05, 4.69) is 16.0 Å². The number of hydrogen-bond acceptors (Lipinski definition) is 6. The summed E-state index contributed by atoms with van der Waals surface area (Å²) in [6.45, 7) is 2.41. The largest absolute Gasteiger partial charge is 0.491 e. The fourth-order valence-electron chi connectivity index (χ4n) is 3.12. The SMILES string of the molecule is COCCOc1ccc(NCC(=O)Nc2ccc(C(=O)NCC3CCCO3)cc2)cc1.